The van der Waals surface area contributed by atoms with Gasteiger partial charge >= 0.3 is 0 Å². The summed E-state index contributed by atoms with van der Waals surface area (Å²) in [4.78, 5) is 18.5. The van der Waals surface area contributed by atoms with Crippen molar-refractivity contribution in [1.82, 2.24) is 5.32 Å². The molecule has 4 rings (SSSR count). The van der Waals surface area contributed by atoms with Gasteiger partial charge in [0.15, 0.2) is 0 Å². The molecule has 8 nitrogen and oxygen atoms in total. The van der Waals surface area contributed by atoms with Gasteiger partial charge in [-0.15, -0.1) is 0 Å². The normalized spacial score (nSPS) is 25.0. The van der Waals surface area contributed by atoms with E-state index in [1.807, 2.05) is 0 Å². The standard InChI is InChI=1S/C21H23F2N5O3/c1-20(12-29)9-13-7-15(27-19(30)14(10-24)18-25-4-2-5-26-18)16(8-17(13)31-20)28-6-3-21(22,23)11-28/h2,4-5,7-8,10,24-25,29H,3,6,9,11-12H2,1H3,(H,27,30)/b18-14-,24-10?/t20-/m1/s1. The smallest absolute Gasteiger partial charge is 0.266 e. The second-order valence-electron chi connectivity index (χ2n) is 8.03. The molecule has 0 radical (unpaired) electrons. The van der Waals surface area contributed by atoms with Gasteiger partial charge in [0.2, 0.25) is 0 Å². The van der Waals surface area contributed by atoms with Crippen molar-refractivity contribution < 1.29 is 23.4 Å². The average molecular weight is 431 g/mol. The van der Waals surface area contributed by atoms with Crippen molar-refractivity contribution in [2.45, 2.75) is 31.3 Å². The number of fused-ring (bicyclic) bond motifs is 1. The third-order valence-electron chi connectivity index (χ3n) is 5.44. The second-order valence-corrected chi connectivity index (χ2v) is 8.03. The summed E-state index contributed by atoms with van der Waals surface area (Å²) in [6.45, 7) is 1.21. The Morgan fingerprint density at radius 1 is 1.48 bits per heavy atom. The van der Waals surface area contributed by atoms with E-state index < -0.39 is 24.0 Å². The quantitative estimate of drug-likeness (QED) is 0.422. The van der Waals surface area contributed by atoms with Gasteiger partial charge in [0.25, 0.3) is 11.8 Å². The fourth-order valence-electron chi connectivity index (χ4n) is 3.85. The predicted octanol–water partition coefficient (Wildman–Crippen LogP) is 2.21. The van der Waals surface area contributed by atoms with Crippen molar-refractivity contribution in [3.8, 4) is 5.75 Å². The number of benzene rings is 1. The Kier molecular flexibility index (Phi) is 5.26. The average Bonchev–Trinajstić information content (AvgIpc) is 3.27. The third kappa shape index (κ3) is 4.15. The molecule has 0 spiro atoms. The molecule has 3 aliphatic heterocycles. The lowest BCUT2D eigenvalue weighted by Crippen LogP contribution is -2.34. The zero-order valence-electron chi connectivity index (χ0n) is 16.9. The monoisotopic (exact) mass is 431 g/mol. The first-order chi connectivity index (χ1) is 14.7. The predicted molar refractivity (Wildman–Crippen MR) is 113 cm³/mol. The van der Waals surface area contributed by atoms with Crippen LogP contribution in [-0.2, 0) is 11.2 Å². The Labute approximate surface area is 177 Å². The molecule has 31 heavy (non-hydrogen) atoms. The number of hydrogen-bond donors (Lipinski definition) is 4. The highest BCUT2D eigenvalue weighted by molar-refractivity contribution is 6.18. The molecule has 0 unspecified atom stereocenters. The third-order valence-corrected chi connectivity index (χ3v) is 5.44. The Balaban J connectivity index is 1.70. The van der Waals surface area contributed by atoms with E-state index in [2.05, 4.69) is 15.6 Å². The van der Waals surface area contributed by atoms with E-state index in [-0.39, 0.29) is 31.0 Å². The first-order valence-corrected chi connectivity index (χ1v) is 9.85. The van der Waals surface area contributed by atoms with Crippen molar-refractivity contribution >= 4 is 29.7 Å². The number of carbonyl (C=O) groups excluding carboxylic acids is 1. The van der Waals surface area contributed by atoms with Crippen LogP contribution in [0.5, 0.6) is 5.75 Å². The fourth-order valence-corrected chi connectivity index (χ4v) is 3.85. The minimum absolute atomic E-state index is 0.00440. The van der Waals surface area contributed by atoms with Gasteiger partial charge in [-0.05, 0) is 19.1 Å². The lowest BCUT2D eigenvalue weighted by molar-refractivity contribution is -0.112. The van der Waals surface area contributed by atoms with Gasteiger partial charge in [-0.1, -0.05) is 0 Å². The first-order valence-electron chi connectivity index (χ1n) is 9.85. The van der Waals surface area contributed by atoms with Crippen LogP contribution < -0.4 is 20.3 Å². The van der Waals surface area contributed by atoms with E-state index in [4.69, 9.17) is 10.1 Å². The maximum absolute atomic E-state index is 13.9. The number of anilines is 2. The maximum atomic E-state index is 13.9. The number of aliphatic hydroxyl groups is 1. The number of aliphatic imine (C=N–C) groups is 1. The molecule has 3 aliphatic rings. The molecular weight excluding hydrogens is 408 g/mol. The van der Waals surface area contributed by atoms with Gasteiger partial charge in [0.05, 0.1) is 30.1 Å². The molecule has 3 heterocycles. The van der Waals surface area contributed by atoms with Crippen molar-refractivity contribution in [3.63, 3.8) is 0 Å². The Bertz CT molecular complexity index is 1020. The van der Waals surface area contributed by atoms with Gasteiger partial charge in [0.1, 0.15) is 17.2 Å². The van der Waals surface area contributed by atoms with Crippen LogP contribution in [0.2, 0.25) is 0 Å². The molecule has 1 aromatic rings. The molecular formula is C21H23F2N5O3. The fraction of sp³-hybridized carbons (Fsp3) is 0.381. The molecule has 0 aromatic heterocycles. The SMILES string of the molecule is C[C@]1(CO)Cc2cc(NC(=O)/C(C=N)=C3\N=CC=CN3)c(N3CCC(F)(F)C3)cc2O1. The summed E-state index contributed by atoms with van der Waals surface area (Å²) in [5.41, 5.74) is 0.674. The highest BCUT2D eigenvalue weighted by Gasteiger charge is 2.41. The number of ether oxygens (including phenoxy) is 1. The van der Waals surface area contributed by atoms with Crippen molar-refractivity contribution in [2.24, 2.45) is 4.99 Å². The summed E-state index contributed by atoms with van der Waals surface area (Å²) in [5, 5.41) is 22.8. The van der Waals surface area contributed by atoms with Gasteiger partial charge in [-0.2, -0.15) is 0 Å². The molecule has 1 aromatic carbocycles. The molecule has 1 saturated heterocycles. The number of nitrogens with one attached hydrogen (secondary N) is 3. The first kappa shape index (κ1) is 21.0. The van der Waals surface area contributed by atoms with E-state index in [0.717, 1.165) is 11.8 Å². The zero-order valence-corrected chi connectivity index (χ0v) is 16.9. The number of hydrogen-bond acceptors (Lipinski definition) is 7. The largest absolute Gasteiger partial charge is 0.484 e. The van der Waals surface area contributed by atoms with Crippen LogP contribution in [0, 0.1) is 5.41 Å². The molecule has 164 valence electrons. The van der Waals surface area contributed by atoms with Crippen LogP contribution in [-0.4, -0.2) is 54.7 Å². The number of carbonyl (C=O) groups is 1. The Morgan fingerprint density at radius 3 is 2.90 bits per heavy atom. The Morgan fingerprint density at radius 2 is 2.29 bits per heavy atom. The van der Waals surface area contributed by atoms with Crippen molar-refractivity contribution in [1.29, 1.82) is 5.41 Å². The highest BCUT2D eigenvalue weighted by Crippen LogP contribution is 2.43. The highest BCUT2D eigenvalue weighted by atomic mass is 19.3. The summed E-state index contributed by atoms with van der Waals surface area (Å²) >= 11 is 0. The van der Waals surface area contributed by atoms with Gasteiger partial charge < -0.3 is 30.8 Å². The number of nitrogens with zero attached hydrogens (tertiary/aromatic N) is 2. The minimum Gasteiger partial charge on any atom is -0.484 e. The second kappa shape index (κ2) is 7.77. The topological polar surface area (TPSA) is 110 Å². The zero-order chi connectivity index (χ0) is 22.2. The van der Waals surface area contributed by atoms with Crippen LogP contribution in [0.25, 0.3) is 0 Å². The number of aliphatic hydroxyl groups excluding tert-OH is 1. The molecule has 1 atom stereocenters. The molecule has 0 saturated carbocycles. The molecule has 0 bridgehead atoms. The van der Waals surface area contributed by atoms with Crippen LogP contribution in [0.15, 0.2) is 40.8 Å². The van der Waals surface area contributed by atoms with E-state index in [1.54, 1.807) is 31.3 Å². The lowest BCUT2D eigenvalue weighted by atomic mass is 9.99. The number of alkyl halides is 2. The van der Waals surface area contributed by atoms with Crippen LogP contribution in [0.4, 0.5) is 20.2 Å². The number of halogens is 2. The molecule has 0 aliphatic carbocycles. The molecule has 1 fully saturated rings. The van der Waals surface area contributed by atoms with Crippen LogP contribution in [0.3, 0.4) is 0 Å². The lowest BCUT2D eigenvalue weighted by Gasteiger charge is -2.24. The summed E-state index contributed by atoms with van der Waals surface area (Å²) in [5.74, 6) is -2.72. The van der Waals surface area contributed by atoms with Gasteiger partial charge in [-0.25, -0.2) is 13.8 Å². The van der Waals surface area contributed by atoms with Crippen molar-refractivity contribution in [3.05, 3.63) is 41.4 Å². The van der Waals surface area contributed by atoms with E-state index >= 15 is 0 Å². The summed E-state index contributed by atoms with van der Waals surface area (Å²) in [6, 6.07) is 3.31. The maximum Gasteiger partial charge on any atom is 0.266 e. The van der Waals surface area contributed by atoms with E-state index in [9.17, 15) is 18.7 Å². The molecule has 4 N–H and O–H groups in total. The van der Waals surface area contributed by atoms with Gasteiger partial charge in [-0.3, -0.25) is 4.79 Å². The molecule has 10 heteroatoms. The Hall–Kier alpha value is -3.27. The van der Waals surface area contributed by atoms with E-state index in [0.29, 0.717) is 23.5 Å². The molecule has 1 amide bonds. The van der Waals surface area contributed by atoms with Gasteiger partial charge in [0, 0.05) is 49.6 Å². The minimum atomic E-state index is -2.82. The summed E-state index contributed by atoms with van der Waals surface area (Å²) in [6.07, 6.45) is 5.73. The van der Waals surface area contributed by atoms with Crippen molar-refractivity contribution in [2.75, 3.05) is 29.9 Å². The van der Waals surface area contributed by atoms with Crippen LogP contribution in [0.1, 0.15) is 18.9 Å². The summed E-state index contributed by atoms with van der Waals surface area (Å²) < 4.78 is 33.6. The van der Waals surface area contributed by atoms with E-state index in [1.165, 1.54) is 11.1 Å². The number of rotatable bonds is 5. The number of allylic oxidation sites excluding steroid dienone is 1. The van der Waals surface area contributed by atoms with Crippen LogP contribution >= 0.6 is 0 Å². The summed E-state index contributed by atoms with van der Waals surface area (Å²) in [7, 11) is 0. The number of amides is 1.